The highest BCUT2D eigenvalue weighted by molar-refractivity contribution is 5.79. The molecule has 0 spiro atoms. The highest BCUT2D eigenvalue weighted by atomic mass is 16.5. The van der Waals surface area contributed by atoms with E-state index >= 15 is 0 Å². The van der Waals surface area contributed by atoms with Gasteiger partial charge in [0, 0.05) is 26.3 Å². The van der Waals surface area contributed by atoms with Gasteiger partial charge in [-0.25, -0.2) is 0 Å². The Morgan fingerprint density at radius 3 is 2.58 bits per heavy atom. The Hall–Kier alpha value is -1.14. The van der Waals surface area contributed by atoms with Crippen molar-refractivity contribution in [2.45, 2.75) is 38.1 Å². The molecule has 0 radical (unpaired) electrons. The molecule has 0 aromatic rings. The number of amides is 1. The van der Waals surface area contributed by atoms with Crippen LogP contribution in [0.3, 0.4) is 0 Å². The van der Waals surface area contributed by atoms with Gasteiger partial charge < -0.3 is 15.2 Å². The number of aliphatic carboxylic acids is 1. The molecular formula is C13H24N2O4. The number of hydrogen-bond donors (Lipinski definition) is 2. The van der Waals surface area contributed by atoms with E-state index in [1.807, 2.05) is 0 Å². The zero-order chi connectivity index (χ0) is 14.1. The quantitative estimate of drug-likeness (QED) is 0.596. The Morgan fingerprint density at radius 1 is 1.32 bits per heavy atom. The molecule has 0 aromatic heterocycles. The van der Waals surface area contributed by atoms with Crippen LogP contribution in [-0.2, 0) is 14.3 Å². The number of hydrogen-bond acceptors (Lipinski definition) is 4. The molecule has 0 aliphatic heterocycles. The number of nitrogens with one attached hydrogen (secondary N) is 1. The van der Waals surface area contributed by atoms with Crippen LogP contribution in [0.25, 0.3) is 0 Å². The third-order valence-electron chi connectivity index (χ3n) is 3.37. The van der Waals surface area contributed by atoms with Gasteiger partial charge in [-0.05, 0) is 19.3 Å². The monoisotopic (exact) mass is 272 g/mol. The third-order valence-corrected chi connectivity index (χ3v) is 3.37. The van der Waals surface area contributed by atoms with Crippen molar-refractivity contribution >= 4 is 11.9 Å². The van der Waals surface area contributed by atoms with Crippen LogP contribution in [0.5, 0.6) is 0 Å². The van der Waals surface area contributed by atoms with Crippen LogP contribution < -0.4 is 5.32 Å². The minimum atomic E-state index is -0.876. The van der Waals surface area contributed by atoms with E-state index in [1.54, 1.807) is 12.0 Å². The first-order valence-corrected chi connectivity index (χ1v) is 6.85. The number of ether oxygens (including phenoxy) is 1. The summed E-state index contributed by atoms with van der Waals surface area (Å²) in [4.78, 5) is 24.4. The molecule has 1 fully saturated rings. The molecule has 0 atom stereocenters. The lowest BCUT2D eigenvalue weighted by atomic mass is 10.2. The third kappa shape index (κ3) is 6.54. The molecule has 2 N–H and O–H groups in total. The van der Waals surface area contributed by atoms with Gasteiger partial charge in [-0.2, -0.15) is 0 Å². The molecule has 1 aliphatic carbocycles. The van der Waals surface area contributed by atoms with Crippen LogP contribution >= 0.6 is 0 Å². The summed E-state index contributed by atoms with van der Waals surface area (Å²) in [6.07, 6.45) is 4.99. The highest BCUT2D eigenvalue weighted by Crippen LogP contribution is 2.22. The molecule has 110 valence electrons. The SMILES string of the molecule is COCCCNC(=O)CN(CC(=O)O)C1CCCC1. The van der Waals surface area contributed by atoms with Crippen LogP contribution in [0.15, 0.2) is 0 Å². The van der Waals surface area contributed by atoms with Crippen LogP contribution in [0.2, 0.25) is 0 Å². The van der Waals surface area contributed by atoms with Gasteiger partial charge in [0.1, 0.15) is 0 Å². The fraction of sp³-hybridized carbons (Fsp3) is 0.846. The molecule has 1 amide bonds. The van der Waals surface area contributed by atoms with Crippen LogP contribution in [0.1, 0.15) is 32.1 Å². The number of carbonyl (C=O) groups excluding carboxylic acids is 1. The van der Waals surface area contributed by atoms with Gasteiger partial charge in [0.2, 0.25) is 5.91 Å². The molecule has 6 nitrogen and oxygen atoms in total. The normalized spacial score (nSPS) is 15.9. The van der Waals surface area contributed by atoms with Crippen LogP contribution in [0, 0.1) is 0 Å². The van der Waals surface area contributed by atoms with Crippen molar-refractivity contribution in [1.82, 2.24) is 10.2 Å². The number of carboxylic acids is 1. The van der Waals surface area contributed by atoms with Gasteiger partial charge in [-0.15, -0.1) is 0 Å². The van der Waals surface area contributed by atoms with Crippen molar-refractivity contribution in [3.8, 4) is 0 Å². The Kier molecular flexibility index (Phi) is 7.43. The first-order chi connectivity index (χ1) is 9.13. The Bertz CT molecular complexity index is 290. The summed E-state index contributed by atoms with van der Waals surface area (Å²) in [7, 11) is 1.62. The molecule has 0 aromatic carbocycles. The largest absolute Gasteiger partial charge is 0.480 e. The molecule has 6 heteroatoms. The molecule has 19 heavy (non-hydrogen) atoms. The molecule has 1 saturated carbocycles. The second-order valence-electron chi connectivity index (χ2n) is 4.93. The zero-order valence-corrected chi connectivity index (χ0v) is 11.6. The summed E-state index contributed by atoms with van der Waals surface area (Å²) in [5, 5.41) is 11.7. The maximum atomic E-state index is 11.8. The summed E-state index contributed by atoms with van der Waals surface area (Å²) in [6, 6.07) is 0.237. The lowest BCUT2D eigenvalue weighted by Crippen LogP contribution is -2.44. The number of carbonyl (C=O) groups is 2. The Morgan fingerprint density at radius 2 is 2.00 bits per heavy atom. The average molecular weight is 272 g/mol. The highest BCUT2D eigenvalue weighted by Gasteiger charge is 2.25. The first kappa shape index (κ1) is 15.9. The smallest absolute Gasteiger partial charge is 0.317 e. The number of carboxylic acid groups (broad SMARTS) is 1. The lowest BCUT2D eigenvalue weighted by Gasteiger charge is -2.26. The van der Waals surface area contributed by atoms with E-state index in [0.29, 0.717) is 13.2 Å². The van der Waals surface area contributed by atoms with Crippen molar-refractivity contribution in [1.29, 1.82) is 0 Å². The second kappa shape index (κ2) is 8.87. The van der Waals surface area contributed by atoms with Gasteiger partial charge in [-0.3, -0.25) is 14.5 Å². The number of nitrogens with zero attached hydrogens (tertiary/aromatic N) is 1. The van der Waals surface area contributed by atoms with Gasteiger partial charge >= 0.3 is 5.97 Å². The van der Waals surface area contributed by atoms with E-state index in [-0.39, 0.29) is 25.0 Å². The van der Waals surface area contributed by atoms with Crippen molar-refractivity contribution in [2.24, 2.45) is 0 Å². The zero-order valence-electron chi connectivity index (χ0n) is 11.6. The van der Waals surface area contributed by atoms with Gasteiger partial charge in [0.05, 0.1) is 13.1 Å². The lowest BCUT2D eigenvalue weighted by molar-refractivity contribution is -0.139. The minimum Gasteiger partial charge on any atom is -0.480 e. The summed E-state index contributed by atoms with van der Waals surface area (Å²) in [6.45, 7) is 1.29. The van der Waals surface area contributed by atoms with Gasteiger partial charge in [0.15, 0.2) is 0 Å². The molecule has 0 saturated heterocycles. The predicted molar refractivity (Wildman–Crippen MR) is 71.0 cm³/mol. The predicted octanol–water partition coefficient (Wildman–Crippen LogP) is 0.468. The summed E-state index contributed by atoms with van der Waals surface area (Å²) in [5.74, 6) is -0.983. The minimum absolute atomic E-state index is 0.0594. The van der Waals surface area contributed by atoms with Gasteiger partial charge in [-0.1, -0.05) is 12.8 Å². The summed E-state index contributed by atoms with van der Waals surface area (Å²) >= 11 is 0. The van der Waals surface area contributed by atoms with Crippen molar-refractivity contribution in [3.63, 3.8) is 0 Å². The van der Waals surface area contributed by atoms with E-state index in [1.165, 1.54) is 0 Å². The van der Waals surface area contributed by atoms with E-state index < -0.39 is 5.97 Å². The average Bonchev–Trinajstić information content (AvgIpc) is 2.87. The van der Waals surface area contributed by atoms with Gasteiger partial charge in [0.25, 0.3) is 0 Å². The fourth-order valence-corrected chi connectivity index (χ4v) is 2.44. The van der Waals surface area contributed by atoms with E-state index in [0.717, 1.165) is 32.1 Å². The maximum Gasteiger partial charge on any atom is 0.317 e. The molecule has 1 rings (SSSR count). The van der Waals surface area contributed by atoms with Crippen molar-refractivity contribution < 1.29 is 19.4 Å². The molecule has 1 aliphatic rings. The Labute approximate surface area is 114 Å². The van der Waals surface area contributed by atoms with E-state index in [4.69, 9.17) is 9.84 Å². The molecular weight excluding hydrogens is 248 g/mol. The second-order valence-corrected chi connectivity index (χ2v) is 4.93. The number of methoxy groups -OCH3 is 1. The van der Waals surface area contributed by atoms with Crippen LogP contribution in [0.4, 0.5) is 0 Å². The molecule has 0 bridgehead atoms. The summed E-state index contributed by atoms with van der Waals surface area (Å²) in [5.41, 5.74) is 0. The van der Waals surface area contributed by atoms with Crippen molar-refractivity contribution in [2.75, 3.05) is 33.4 Å². The van der Waals surface area contributed by atoms with Crippen molar-refractivity contribution in [3.05, 3.63) is 0 Å². The number of rotatable bonds is 9. The first-order valence-electron chi connectivity index (χ1n) is 6.85. The standard InChI is InChI=1S/C13H24N2O4/c1-19-8-4-7-14-12(16)9-15(10-13(17)18)11-5-2-3-6-11/h11H,2-10H2,1H3,(H,14,16)(H,17,18). The summed E-state index contributed by atoms with van der Waals surface area (Å²) < 4.78 is 4.90. The molecule has 0 heterocycles. The van der Waals surface area contributed by atoms with E-state index in [9.17, 15) is 9.59 Å². The molecule has 0 unspecified atom stereocenters. The van der Waals surface area contributed by atoms with E-state index in [2.05, 4.69) is 5.32 Å². The fourth-order valence-electron chi connectivity index (χ4n) is 2.44. The topological polar surface area (TPSA) is 78.9 Å². The van der Waals surface area contributed by atoms with Crippen LogP contribution in [-0.4, -0.2) is 61.3 Å². The maximum absolute atomic E-state index is 11.8. The Balaban J connectivity index is 2.33.